The lowest BCUT2D eigenvalue weighted by atomic mass is 10.1. The van der Waals surface area contributed by atoms with Gasteiger partial charge in [0.1, 0.15) is 23.0 Å². The van der Waals surface area contributed by atoms with E-state index < -0.39 is 23.4 Å². The zero-order valence-electron chi connectivity index (χ0n) is 18.4. The third-order valence-corrected chi connectivity index (χ3v) is 5.15. The summed E-state index contributed by atoms with van der Waals surface area (Å²) in [6, 6.07) is 14.5. The van der Waals surface area contributed by atoms with Crippen molar-refractivity contribution in [2.24, 2.45) is 0 Å². The maximum absolute atomic E-state index is 13.4. The van der Waals surface area contributed by atoms with Crippen LogP contribution in [0.1, 0.15) is 21.1 Å². The molecule has 0 radical (unpaired) electrons. The Labute approximate surface area is 193 Å². The number of benzene rings is 2. The highest BCUT2D eigenvalue weighted by Crippen LogP contribution is 2.22. The van der Waals surface area contributed by atoms with Gasteiger partial charge in [0.25, 0.3) is 11.8 Å². The van der Waals surface area contributed by atoms with Crippen LogP contribution in [0.2, 0.25) is 0 Å². The number of rotatable bonds is 7. The number of carbonyl (C=O) groups excluding carboxylic acids is 2. The summed E-state index contributed by atoms with van der Waals surface area (Å²) in [5.41, 5.74) is 1.65. The lowest BCUT2D eigenvalue weighted by molar-refractivity contribution is 0.0677. The third-order valence-electron chi connectivity index (χ3n) is 5.15. The fourth-order valence-corrected chi connectivity index (χ4v) is 3.20. The van der Waals surface area contributed by atoms with E-state index in [1.807, 2.05) is 0 Å². The maximum atomic E-state index is 13.4. The molecular formula is C24H20F2N4O4. The smallest absolute Gasteiger partial charge is 0.292 e. The van der Waals surface area contributed by atoms with Crippen LogP contribution in [0, 0.1) is 11.6 Å². The van der Waals surface area contributed by atoms with Gasteiger partial charge in [0.15, 0.2) is 0 Å². The van der Waals surface area contributed by atoms with Gasteiger partial charge in [0, 0.05) is 50.4 Å². The van der Waals surface area contributed by atoms with E-state index in [1.54, 1.807) is 26.2 Å². The van der Waals surface area contributed by atoms with Crippen LogP contribution in [0.4, 0.5) is 8.78 Å². The van der Waals surface area contributed by atoms with Crippen LogP contribution in [-0.2, 0) is 0 Å². The van der Waals surface area contributed by atoms with Gasteiger partial charge in [0.2, 0.25) is 11.5 Å². The van der Waals surface area contributed by atoms with Crippen LogP contribution in [0.15, 0.2) is 69.7 Å². The highest BCUT2D eigenvalue weighted by atomic mass is 19.1. The van der Waals surface area contributed by atoms with Gasteiger partial charge >= 0.3 is 0 Å². The van der Waals surface area contributed by atoms with E-state index >= 15 is 0 Å². The van der Waals surface area contributed by atoms with Crippen molar-refractivity contribution in [2.75, 3.05) is 27.2 Å². The van der Waals surface area contributed by atoms with Crippen LogP contribution in [0.25, 0.3) is 22.5 Å². The molecular weight excluding hydrogens is 446 g/mol. The maximum Gasteiger partial charge on any atom is 0.292 e. The summed E-state index contributed by atoms with van der Waals surface area (Å²) in [6.45, 7) is 0.393. The molecule has 4 rings (SSSR count). The molecule has 0 bridgehead atoms. The van der Waals surface area contributed by atoms with Crippen molar-refractivity contribution in [2.45, 2.75) is 0 Å². The van der Waals surface area contributed by atoms with E-state index in [9.17, 15) is 18.4 Å². The minimum absolute atomic E-state index is 0.00860. The normalized spacial score (nSPS) is 10.8. The minimum atomic E-state index is -0.441. The van der Waals surface area contributed by atoms with Crippen LogP contribution < -0.4 is 0 Å². The summed E-state index contributed by atoms with van der Waals surface area (Å²) in [5, 5.41) is 7.66. The van der Waals surface area contributed by atoms with Crippen molar-refractivity contribution < 1.29 is 27.4 Å². The third kappa shape index (κ3) is 5.01. The second-order valence-corrected chi connectivity index (χ2v) is 7.63. The number of amides is 2. The molecule has 0 saturated carbocycles. The second kappa shape index (κ2) is 9.65. The first-order valence-electron chi connectivity index (χ1n) is 10.3. The highest BCUT2D eigenvalue weighted by molar-refractivity contribution is 5.93. The summed E-state index contributed by atoms with van der Waals surface area (Å²) < 4.78 is 37.1. The predicted octanol–water partition coefficient (Wildman–Crippen LogP) is 4.12. The lowest BCUT2D eigenvalue weighted by Crippen LogP contribution is -2.37. The Kier molecular flexibility index (Phi) is 6.48. The number of halogens is 2. The Morgan fingerprint density at radius 2 is 1.15 bits per heavy atom. The van der Waals surface area contributed by atoms with Crippen molar-refractivity contribution in [3.63, 3.8) is 0 Å². The van der Waals surface area contributed by atoms with E-state index in [2.05, 4.69) is 10.3 Å². The Hall–Kier alpha value is -4.34. The predicted molar refractivity (Wildman–Crippen MR) is 118 cm³/mol. The van der Waals surface area contributed by atoms with Crippen molar-refractivity contribution in [1.29, 1.82) is 0 Å². The Morgan fingerprint density at radius 1 is 0.735 bits per heavy atom. The fourth-order valence-electron chi connectivity index (χ4n) is 3.20. The molecule has 0 fully saturated rings. The number of nitrogens with zero attached hydrogens (tertiary/aromatic N) is 4. The van der Waals surface area contributed by atoms with Gasteiger partial charge in [-0.15, -0.1) is 0 Å². The van der Waals surface area contributed by atoms with E-state index in [1.165, 1.54) is 58.3 Å². The number of likely N-dealkylation sites (N-methyl/N-ethyl adjacent to an activating group) is 2. The quantitative estimate of drug-likeness (QED) is 0.407. The van der Waals surface area contributed by atoms with Crippen molar-refractivity contribution in [3.8, 4) is 22.5 Å². The average Bonchev–Trinajstić information content (AvgIpc) is 3.52. The molecule has 0 aliphatic carbocycles. The first-order chi connectivity index (χ1) is 16.3. The van der Waals surface area contributed by atoms with Crippen molar-refractivity contribution in [1.82, 2.24) is 20.1 Å². The van der Waals surface area contributed by atoms with Gasteiger partial charge in [-0.3, -0.25) is 9.59 Å². The van der Waals surface area contributed by atoms with Crippen LogP contribution in [-0.4, -0.2) is 59.1 Å². The Bertz CT molecular complexity index is 1230. The zero-order chi connectivity index (χ0) is 24.2. The summed E-state index contributed by atoms with van der Waals surface area (Å²) in [4.78, 5) is 28.1. The first kappa shape index (κ1) is 22.8. The van der Waals surface area contributed by atoms with Crippen LogP contribution in [0.5, 0.6) is 0 Å². The summed E-state index contributed by atoms with van der Waals surface area (Å²) >= 11 is 0. The molecule has 0 spiro atoms. The van der Waals surface area contributed by atoms with Crippen LogP contribution >= 0.6 is 0 Å². The topological polar surface area (TPSA) is 92.7 Å². The van der Waals surface area contributed by atoms with E-state index in [0.29, 0.717) is 22.5 Å². The monoisotopic (exact) mass is 466 g/mol. The highest BCUT2D eigenvalue weighted by Gasteiger charge is 2.22. The molecule has 2 amide bonds. The molecule has 174 valence electrons. The summed E-state index contributed by atoms with van der Waals surface area (Å²) in [6.07, 6.45) is 0. The Balaban J connectivity index is 1.35. The zero-order valence-corrected chi connectivity index (χ0v) is 18.4. The summed E-state index contributed by atoms with van der Waals surface area (Å²) in [7, 11) is 3.11. The van der Waals surface area contributed by atoms with Crippen LogP contribution in [0.3, 0.4) is 0 Å². The van der Waals surface area contributed by atoms with Gasteiger partial charge in [-0.25, -0.2) is 8.78 Å². The minimum Gasteiger partial charge on any atom is -0.350 e. The van der Waals surface area contributed by atoms with Crippen molar-refractivity contribution >= 4 is 11.8 Å². The number of aromatic nitrogens is 2. The lowest BCUT2D eigenvalue weighted by Gasteiger charge is -2.20. The molecule has 0 unspecified atom stereocenters. The molecule has 2 aromatic carbocycles. The van der Waals surface area contributed by atoms with Gasteiger partial charge in [0.05, 0.1) is 0 Å². The molecule has 0 aliphatic heterocycles. The number of hydrogen-bond acceptors (Lipinski definition) is 6. The molecule has 34 heavy (non-hydrogen) atoms. The first-order valence-corrected chi connectivity index (χ1v) is 10.3. The number of carbonyl (C=O) groups is 2. The van der Waals surface area contributed by atoms with Gasteiger partial charge in [-0.1, -0.05) is 34.6 Å². The molecule has 10 heteroatoms. The van der Waals surface area contributed by atoms with Gasteiger partial charge < -0.3 is 18.8 Å². The standard InChI is InChI=1S/C24H20F2N4O4/c1-29(23(31)21-13-19(27-33-21)15-5-3-7-17(25)11-15)9-10-30(2)24(32)22-14-20(28-34-22)16-6-4-8-18(26)12-16/h3-8,11-14H,9-10H2,1-2H3. The molecule has 0 atom stereocenters. The van der Waals surface area contributed by atoms with E-state index in [4.69, 9.17) is 9.05 Å². The molecule has 0 aliphatic rings. The Morgan fingerprint density at radius 3 is 1.53 bits per heavy atom. The van der Waals surface area contributed by atoms with Crippen molar-refractivity contribution in [3.05, 3.63) is 83.8 Å². The number of hydrogen-bond donors (Lipinski definition) is 0. The van der Waals surface area contributed by atoms with E-state index in [-0.39, 0.29) is 24.6 Å². The summed E-state index contributed by atoms with van der Waals surface area (Å²) in [5.74, 6) is -1.74. The molecule has 4 aromatic rings. The van der Waals surface area contributed by atoms with Gasteiger partial charge in [-0.2, -0.15) is 0 Å². The van der Waals surface area contributed by atoms with E-state index in [0.717, 1.165) is 0 Å². The molecule has 0 N–H and O–H groups in total. The fraction of sp³-hybridized carbons (Fsp3) is 0.167. The largest absolute Gasteiger partial charge is 0.350 e. The molecule has 2 heterocycles. The second-order valence-electron chi connectivity index (χ2n) is 7.63. The van der Waals surface area contributed by atoms with Gasteiger partial charge in [-0.05, 0) is 24.3 Å². The molecule has 8 nitrogen and oxygen atoms in total. The SMILES string of the molecule is CN(CCN(C)C(=O)c1cc(-c2cccc(F)c2)no1)C(=O)c1cc(-c2cccc(F)c2)no1. The molecule has 0 saturated heterocycles. The average molecular weight is 466 g/mol. The molecule has 2 aromatic heterocycles.